The van der Waals surface area contributed by atoms with Crippen molar-refractivity contribution in [2.45, 2.75) is 19.1 Å². The molecule has 1 saturated heterocycles. The molecule has 0 bridgehead atoms. The number of halogens is 6. The summed E-state index contributed by atoms with van der Waals surface area (Å²) in [5.41, 5.74) is -1.55. The van der Waals surface area contributed by atoms with Gasteiger partial charge in [0.15, 0.2) is 5.65 Å². The molecule has 1 aliphatic rings. The van der Waals surface area contributed by atoms with Gasteiger partial charge in [-0.3, -0.25) is 19.1 Å². The molecule has 14 heteroatoms. The Hall–Kier alpha value is -4.12. The number of hydrogen-bond acceptors (Lipinski definition) is 6. The Balaban J connectivity index is 1.40. The number of likely N-dealkylation sites (N-methyl/N-ethyl adjacent to an activating group) is 1. The maximum Gasteiger partial charge on any atom is 0.416 e. The molecule has 0 saturated carbocycles. The van der Waals surface area contributed by atoms with E-state index in [-0.39, 0.29) is 34.7 Å². The highest BCUT2D eigenvalue weighted by Crippen LogP contribution is 2.35. The zero-order valence-corrected chi connectivity index (χ0v) is 22.8. The van der Waals surface area contributed by atoms with Crippen molar-refractivity contribution in [3.63, 3.8) is 0 Å². The van der Waals surface area contributed by atoms with Gasteiger partial charge in [0, 0.05) is 50.8 Å². The number of nitrogens with one attached hydrogen (secondary N) is 1. The minimum atomic E-state index is -4.65. The minimum absolute atomic E-state index is 0.0906. The molecule has 3 aromatic heterocycles. The Bertz CT molecular complexity index is 1690. The van der Waals surface area contributed by atoms with Crippen molar-refractivity contribution < 1.29 is 26.7 Å². The first kappa shape index (κ1) is 29.4. The van der Waals surface area contributed by atoms with Crippen LogP contribution in [-0.2, 0) is 12.7 Å². The Labute approximate surface area is 242 Å². The monoisotopic (exact) mass is 603 g/mol. The average Bonchev–Trinajstić information content (AvgIpc) is 3.35. The predicted molar refractivity (Wildman–Crippen MR) is 145 cm³/mol. The van der Waals surface area contributed by atoms with Crippen LogP contribution in [0, 0.1) is 11.8 Å². The van der Waals surface area contributed by atoms with Gasteiger partial charge in [-0.25, -0.2) is 8.78 Å². The molecule has 4 heterocycles. The molecule has 0 aliphatic carbocycles. The van der Waals surface area contributed by atoms with Gasteiger partial charge in [-0.2, -0.15) is 13.2 Å². The van der Waals surface area contributed by atoms with Gasteiger partial charge in [0.2, 0.25) is 5.82 Å². The molecule has 0 spiro atoms. The number of carbonyl (C=O) groups excluding carboxylic acids is 1. The summed E-state index contributed by atoms with van der Waals surface area (Å²) in [7, 11) is 1.96. The van der Waals surface area contributed by atoms with Crippen molar-refractivity contribution >= 4 is 28.8 Å². The molecule has 1 aromatic carbocycles. The second kappa shape index (κ2) is 12.0. The minimum Gasteiger partial charge on any atom is -0.322 e. The zero-order chi connectivity index (χ0) is 30.0. The lowest BCUT2D eigenvalue weighted by Gasteiger charge is -2.33. The van der Waals surface area contributed by atoms with E-state index in [9.17, 15) is 26.7 Å². The summed E-state index contributed by atoms with van der Waals surface area (Å²) in [5, 5.41) is 10.6. The first-order valence-electron chi connectivity index (χ1n) is 12.7. The fourth-order valence-electron chi connectivity index (χ4n) is 4.45. The standard InChI is InChI=1S/C28H23ClF5N7O/c1-39-8-10-40(11-9-39)15-18-2-5-21(13-22(18)28(32,33)34)36-27(42)19-12-17(25(26(30)31)35-14-19)3-6-23-37-38-24-7-4-20(29)16-41(23)24/h2,4-5,7,12-14,16,26H,8-11,15H2,1H3,(H,36,42). The van der Waals surface area contributed by atoms with E-state index < -0.39 is 29.8 Å². The number of benzene rings is 1. The number of hydrogen-bond donors (Lipinski definition) is 1. The summed E-state index contributed by atoms with van der Waals surface area (Å²) in [5.74, 6) is 4.45. The number of fused-ring (bicyclic) bond motifs is 1. The maximum atomic E-state index is 13.9. The molecule has 1 aliphatic heterocycles. The van der Waals surface area contributed by atoms with Gasteiger partial charge in [-0.1, -0.05) is 23.6 Å². The summed E-state index contributed by atoms with van der Waals surface area (Å²) < 4.78 is 70.6. The maximum absolute atomic E-state index is 13.9. The Morgan fingerprint density at radius 2 is 1.83 bits per heavy atom. The SMILES string of the molecule is CN1CCN(Cc2ccc(NC(=O)c3cnc(C(F)F)c(C#Cc4nnc5ccc(Cl)cn45)c3)cc2C(F)(F)F)CC1. The predicted octanol–water partition coefficient (Wildman–Crippen LogP) is 5.13. The molecule has 0 atom stereocenters. The average molecular weight is 604 g/mol. The lowest BCUT2D eigenvalue weighted by Crippen LogP contribution is -2.44. The van der Waals surface area contributed by atoms with Gasteiger partial charge in [0.1, 0.15) is 5.69 Å². The number of carbonyl (C=O) groups is 1. The van der Waals surface area contributed by atoms with Crippen molar-refractivity contribution in [3.05, 3.63) is 87.6 Å². The lowest BCUT2D eigenvalue weighted by atomic mass is 10.0. The van der Waals surface area contributed by atoms with Crippen LogP contribution in [0.2, 0.25) is 5.02 Å². The van der Waals surface area contributed by atoms with Crippen LogP contribution in [0.4, 0.5) is 27.6 Å². The Morgan fingerprint density at radius 1 is 1.07 bits per heavy atom. The third-order valence-corrected chi connectivity index (χ3v) is 6.95. The number of rotatable bonds is 5. The first-order valence-corrected chi connectivity index (χ1v) is 13.1. The van der Waals surface area contributed by atoms with Gasteiger partial charge < -0.3 is 10.2 Å². The molecule has 8 nitrogen and oxygen atoms in total. The van der Waals surface area contributed by atoms with E-state index in [0.717, 1.165) is 31.4 Å². The van der Waals surface area contributed by atoms with Gasteiger partial charge in [-0.05, 0) is 48.9 Å². The van der Waals surface area contributed by atoms with Crippen molar-refractivity contribution in [1.82, 2.24) is 29.4 Å². The highest BCUT2D eigenvalue weighted by atomic mass is 35.5. The normalized spacial score (nSPS) is 14.7. The lowest BCUT2D eigenvalue weighted by molar-refractivity contribution is -0.138. The Kier molecular flexibility index (Phi) is 8.40. The van der Waals surface area contributed by atoms with Crippen LogP contribution in [0.5, 0.6) is 0 Å². The number of anilines is 1. The largest absolute Gasteiger partial charge is 0.416 e. The second-order valence-corrected chi connectivity index (χ2v) is 10.1. The molecule has 218 valence electrons. The molecule has 4 aromatic rings. The molecular formula is C28H23ClF5N7O. The van der Waals surface area contributed by atoms with Crippen molar-refractivity contribution in [2.24, 2.45) is 0 Å². The van der Waals surface area contributed by atoms with Crippen LogP contribution < -0.4 is 5.32 Å². The van der Waals surface area contributed by atoms with E-state index in [1.807, 2.05) is 11.9 Å². The number of alkyl halides is 5. The summed E-state index contributed by atoms with van der Waals surface area (Å²) >= 11 is 6.00. The van der Waals surface area contributed by atoms with Crippen molar-refractivity contribution in [2.75, 3.05) is 38.5 Å². The zero-order valence-electron chi connectivity index (χ0n) is 22.1. The summed E-state index contributed by atoms with van der Waals surface area (Å²) in [6.07, 6.45) is -5.23. The molecule has 42 heavy (non-hydrogen) atoms. The van der Waals surface area contributed by atoms with Gasteiger partial charge in [0.05, 0.1) is 21.7 Å². The van der Waals surface area contributed by atoms with Gasteiger partial charge >= 0.3 is 6.18 Å². The third kappa shape index (κ3) is 6.67. The molecule has 1 N–H and O–H groups in total. The molecular weight excluding hydrogens is 581 g/mol. The number of nitrogens with zero attached hydrogens (tertiary/aromatic N) is 6. The summed E-state index contributed by atoms with van der Waals surface area (Å²) in [6, 6.07) is 7.87. The quantitative estimate of drug-likeness (QED) is 0.252. The highest BCUT2D eigenvalue weighted by Gasteiger charge is 2.34. The summed E-state index contributed by atoms with van der Waals surface area (Å²) in [4.78, 5) is 20.7. The van der Waals surface area contributed by atoms with Crippen LogP contribution in [0.25, 0.3) is 5.65 Å². The first-order chi connectivity index (χ1) is 20.0. The molecule has 5 rings (SSSR count). The van der Waals surface area contributed by atoms with E-state index >= 15 is 0 Å². The van der Waals surface area contributed by atoms with Crippen molar-refractivity contribution in [3.8, 4) is 11.8 Å². The van der Waals surface area contributed by atoms with E-state index in [1.54, 1.807) is 12.1 Å². The Morgan fingerprint density at radius 3 is 2.55 bits per heavy atom. The third-order valence-electron chi connectivity index (χ3n) is 6.73. The number of amides is 1. The van der Waals surface area contributed by atoms with Crippen molar-refractivity contribution in [1.29, 1.82) is 0 Å². The van der Waals surface area contributed by atoms with E-state index in [2.05, 4.69) is 37.2 Å². The molecule has 0 unspecified atom stereocenters. The number of pyridine rings is 2. The topological polar surface area (TPSA) is 78.7 Å². The highest BCUT2D eigenvalue weighted by molar-refractivity contribution is 6.30. The smallest absolute Gasteiger partial charge is 0.322 e. The fraction of sp³-hybridized carbons (Fsp3) is 0.286. The van der Waals surface area contributed by atoms with Crippen LogP contribution in [0.15, 0.2) is 48.8 Å². The van der Waals surface area contributed by atoms with E-state index in [0.29, 0.717) is 23.8 Å². The second-order valence-electron chi connectivity index (χ2n) is 9.71. The van der Waals surface area contributed by atoms with E-state index in [1.165, 1.54) is 22.7 Å². The number of piperazine rings is 1. The van der Waals surface area contributed by atoms with Crippen LogP contribution in [0.1, 0.15) is 45.0 Å². The van der Waals surface area contributed by atoms with Crippen LogP contribution >= 0.6 is 11.6 Å². The summed E-state index contributed by atoms with van der Waals surface area (Å²) in [6.45, 7) is 2.90. The van der Waals surface area contributed by atoms with Crippen LogP contribution in [0.3, 0.4) is 0 Å². The fourth-order valence-corrected chi connectivity index (χ4v) is 4.61. The van der Waals surface area contributed by atoms with Gasteiger partial charge in [0.25, 0.3) is 12.3 Å². The number of aromatic nitrogens is 4. The van der Waals surface area contributed by atoms with E-state index in [4.69, 9.17) is 11.6 Å². The van der Waals surface area contributed by atoms with Crippen LogP contribution in [-0.4, -0.2) is 68.5 Å². The molecule has 1 fully saturated rings. The molecule has 0 radical (unpaired) electrons. The van der Waals surface area contributed by atoms with Gasteiger partial charge in [-0.15, -0.1) is 10.2 Å². The molecule has 1 amide bonds.